The molecule has 0 aliphatic rings. The predicted octanol–water partition coefficient (Wildman–Crippen LogP) is 2.69. The molecule has 14 heavy (non-hydrogen) atoms. The van der Waals surface area contributed by atoms with Gasteiger partial charge >= 0.3 is 0 Å². The quantitative estimate of drug-likeness (QED) is 0.470. The second-order valence-electron chi connectivity index (χ2n) is 3.20. The second kappa shape index (κ2) is 5.05. The molecule has 1 aromatic rings. The number of hydrogen-bond donors (Lipinski definition) is 1. The zero-order valence-electron chi connectivity index (χ0n) is 8.87. The molecule has 0 saturated heterocycles. The molecular weight excluding hydrogens is 192 g/mol. The van der Waals surface area contributed by atoms with Crippen molar-refractivity contribution in [3.05, 3.63) is 29.8 Å². The molecule has 0 spiro atoms. The van der Waals surface area contributed by atoms with Crippen LogP contribution >= 0.6 is 11.8 Å². The highest BCUT2D eigenvalue weighted by atomic mass is 32.2. The van der Waals surface area contributed by atoms with Crippen molar-refractivity contribution in [2.45, 2.75) is 11.8 Å². The fourth-order valence-electron chi connectivity index (χ4n) is 1.13. The molecule has 0 amide bonds. The van der Waals surface area contributed by atoms with Gasteiger partial charge in [0.15, 0.2) is 0 Å². The van der Waals surface area contributed by atoms with Gasteiger partial charge in [0, 0.05) is 24.6 Å². The first-order valence-electron chi connectivity index (χ1n) is 4.64. The smallest absolute Gasteiger partial charge is 0.127 e. The highest BCUT2D eigenvalue weighted by Crippen LogP contribution is 2.17. The number of nitrogens with one attached hydrogen (secondary N) is 1. The van der Waals surface area contributed by atoms with Gasteiger partial charge in [-0.3, -0.25) is 5.41 Å². The van der Waals surface area contributed by atoms with Crippen LogP contribution in [0.25, 0.3) is 0 Å². The summed E-state index contributed by atoms with van der Waals surface area (Å²) in [5.41, 5.74) is 0.968. The van der Waals surface area contributed by atoms with E-state index in [1.54, 1.807) is 0 Å². The van der Waals surface area contributed by atoms with Crippen LogP contribution in [0.1, 0.15) is 12.5 Å². The van der Waals surface area contributed by atoms with E-state index >= 15 is 0 Å². The van der Waals surface area contributed by atoms with Gasteiger partial charge in [0.05, 0.1) is 0 Å². The van der Waals surface area contributed by atoms with Gasteiger partial charge < -0.3 is 4.90 Å². The summed E-state index contributed by atoms with van der Waals surface area (Å²) in [4.78, 5) is 3.07. The normalized spacial score (nSPS) is 9.93. The summed E-state index contributed by atoms with van der Waals surface area (Å²) in [5.74, 6) is 1.64. The highest BCUT2D eigenvalue weighted by Gasteiger charge is 2.02. The molecule has 1 rings (SSSR count). The number of rotatable bonds is 3. The molecular formula is C11H16N2S. The minimum atomic E-state index is 0.554. The van der Waals surface area contributed by atoms with E-state index in [9.17, 15) is 0 Å². The predicted molar refractivity (Wildman–Crippen MR) is 63.4 cm³/mol. The number of hydrogen-bond acceptors (Lipinski definition) is 2. The molecule has 3 heteroatoms. The maximum absolute atomic E-state index is 7.78. The average molecular weight is 208 g/mol. The van der Waals surface area contributed by atoms with Crippen LogP contribution < -0.4 is 0 Å². The van der Waals surface area contributed by atoms with Gasteiger partial charge in [-0.1, -0.05) is 19.1 Å². The zero-order valence-corrected chi connectivity index (χ0v) is 9.69. The summed E-state index contributed by atoms with van der Waals surface area (Å²) < 4.78 is 0. The van der Waals surface area contributed by atoms with Gasteiger partial charge in [-0.2, -0.15) is 0 Å². The van der Waals surface area contributed by atoms with Gasteiger partial charge in [0.25, 0.3) is 0 Å². The summed E-state index contributed by atoms with van der Waals surface area (Å²) in [5, 5.41) is 7.78. The van der Waals surface area contributed by atoms with Crippen LogP contribution in [-0.4, -0.2) is 30.6 Å². The highest BCUT2D eigenvalue weighted by molar-refractivity contribution is 7.99. The van der Waals surface area contributed by atoms with Crippen LogP contribution in [0, 0.1) is 5.41 Å². The Morgan fingerprint density at radius 1 is 1.29 bits per heavy atom. The number of thioether (sulfide) groups is 1. The first-order valence-corrected chi connectivity index (χ1v) is 5.62. The van der Waals surface area contributed by atoms with Gasteiger partial charge in [-0.25, -0.2) is 0 Å². The van der Waals surface area contributed by atoms with Gasteiger partial charge in [-0.15, -0.1) is 11.8 Å². The molecule has 0 aliphatic heterocycles. The fraction of sp³-hybridized carbons (Fsp3) is 0.364. The van der Waals surface area contributed by atoms with Crippen LogP contribution in [-0.2, 0) is 0 Å². The van der Waals surface area contributed by atoms with Crippen LogP contribution in [0.4, 0.5) is 0 Å². The molecule has 0 unspecified atom stereocenters. The lowest BCUT2D eigenvalue weighted by Gasteiger charge is -2.13. The molecule has 0 saturated carbocycles. The van der Waals surface area contributed by atoms with E-state index in [2.05, 4.69) is 19.1 Å². The van der Waals surface area contributed by atoms with Crippen molar-refractivity contribution in [2.24, 2.45) is 0 Å². The van der Waals surface area contributed by atoms with Crippen molar-refractivity contribution >= 4 is 17.6 Å². The SMILES string of the molecule is CCSc1ccc(C(=N)N(C)C)cc1. The summed E-state index contributed by atoms with van der Waals surface area (Å²) in [7, 11) is 3.77. The summed E-state index contributed by atoms with van der Waals surface area (Å²) in [6.45, 7) is 2.14. The molecule has 1 aromatic carbocycles. The van der Waals surface area contributed by atoms with Crippen molar-refractivity contribution in [2.75, 3.05) is 19.8 Å². The maximum atomic E-state index is 7.78. The number of benzene rings is 1. The molecule has 76 valence electrons. The van der Waals surface area contributed by atoms with E-state index in [1.165, 1.54) is 4.90 Å². The third kappa shape index (κ3) is 2.77. The largest absolute Gasteiger partial charge is 0.363 e. The van der Waals surface area contributed by atoms with Crippen molar-refractivity contribution < 1.29 is 0 Å². The first kappa shape index (κ1) is 11.1. The Bertz CT molecular complexity index is 304. The Kier molecular flexibility index (Phi) is 4.01. The minimum absolute atomic E-state index is 0.554. The van der Waals surface area contributed by atoms with Crippen LogP contribution in [0.3, 0.4) is 0 Å². The monoisotopic (exact) mass is 208 g/mol. The van der Waals surface area contributed by atoms with Crippen molar-refractivity contribution in [3.8, 4) is 0 Å². The third-order valence-electron chi connectivity index (χ3n) is 1.89. The standard InChI is InChI=1S/C11H16N2S/c1-4-14-10-7-5-9(6-8-10)11(12)13(2)3/h5-8,12H,4H2,1-3H3. The molecule has 0 bridgehead atoms. The van der Waals surface area contributed by atoms with Gasteiger partial charge in [-0.05, 0) is 17.9 Å². The molecule has 1 N–H and O–H groups in total. The van der Waals surface area contributed by atoms with Crippen molar-refractivity contribution in [1.82, 2.24) is 4.90 Å². The fourth-order valence-corrected chi connectivity index (χ4v) is 1.80. The molecule has 0 atom stereocenters. The Hall–Kier alpha value is -0.960. The number of nitrogens with zero attached hydrogens (tertiary/aromatic N) is 1. The molecule has 0 aromatic heterocycles. The Morgan fingerprint density at radius 2 is 1.86 bits per heavy atom. The number of amidine groups is 1. The zero-order chi connectivity index (χ0) is 10.6. The van der Waals surface area contributed by atoms with E-state index < -0.39 is 0 Å². The van der Waals surface area contributed by atoms with E-state index in [0.29, 0.717) is 5.84 Å². The molecule has 0 heterocycles. The van der Waals surface area contributed by atoms with Crippen LogP contribution in [0.15, 0.2) is 29.2 Å². The lowest BCUT2D eigenvalue weighted by atomic mass is 10.2. The molecule has 0 aliphatic carbocycles. The van der Waals surface area contributed by atoms with E-state index in [-0.39, 0.29) is 0 Å². The Balaban J connectivity index is 2.78. The molecule has 2 nitrogen and oxygen atoms in total. The van der Waals surface area contributed by atoms with E-state index in [4.69, 9.17) is 5.41 Å². The Morgan fingerprint density at radius 3 is 2.29 bits per heavy atom. The lowest BCUT2D eigenvalue weighted by molar-refractivity contribution is 0.619. The Labute approximate surface area is 89.8 Å². The topological polar surface area (TPSA) is 27.1 Å². The second-order valence-corrected chi connectivity index (χ2v) is 4.54. The molecule has 0 fully saturated rings. The molecule has 0 radical (unpaired) electrons. The average Bonchev–Trinajstić information content (AvgIpc) is 2.18. The summed E-state index contributed by atoms with van der Waals surface area (Å²) in [6, 6.07) is 8.14. The summed E-state index contributed by atoms with van der Waals surface area (Å²) in [6.07, 6.45) is 0. The lowest BCUT2D eigenvalue weighted by Crippen LogP contribution is -2.21. The minimum Gasteiger partial charge on any atom is -0.363 e. The third-order valence-corrected chi connectivity index (χ3v) is 2.78. The van der Waals surface area contributed by atoms with Crippen molar-refractivity contribution in [1.29, 1.82) is 5.41 Å². The van der Waals surface area contributed by atoms with E-state index in [1.807, 2.05) is 42.9 Å². The maximum Gasteiger partial charge on any atom is 0.127 e. The van der Waals surface area contributed by atoms with Crippen molar-refractivity contribution in [3.63, 3.8) is 0 Å². The summed E-state index contributed by atoms with van der Waals surface area (Å²) >= 11 is 1.82. The first-order chi connectivity index (χ1) is 6.65. The van der Waals surface area contributed by atoms with E-state index in [0.717, 1.165) is 11.3 Å². The van der Waals surface area contributed by atoms with Crippen LogP contribution in [0.5, 0.6) is 0 Å². The van der Waals surface area contributed by atoms with Gasteiger partial charge in [0.2, 0.25) is 0 Å². The van der Waals surface area contributed by atoms with Crippen LogP contribution in [0.2, 0.25) is 0 Å². The van der Waals surface area contributed by atoms with Gasteiger partial charge in [0.1, 0.15) is 5.84 Å².